The molecule has 0 atom stereocenters. The van der Waals surface area contributed by atoms with Gasteiger partial charge in [0, 0.05) is 17.9 Å². The molecule has 3 nitrogen and oxygen atoms in total. The van der Waals surface area contributed by atoms with E-state index in [2.05, 4.69) is 32.7 Å². The topological polar surface area (TPSA) is 37.9 Å². The molecule has 1 aliphatic rings. The van der Waals surface area contributed by atoms with E-state index in [0.717, 1.165) is 34.6 Å². The molecule has 0 radical (unpaired) electrons. The summed E-state index contributed by atoms with van der Waals surface area (Å²) in [4.78, 5) is 8.26. The normalized spacial score (nSPS) is 18.7. The minimum absolute atomic E-state index is 0.265. The molecular weight excluding hydrogens is 280 g/mol. The number of aromatic amines is 1. The number of H-pyrrole nitrogens is 1. The van der Waals surface area contributed by atoms with Gasteiger partial charge in [0.1, 0.15) is 16.1 Å². The Morgan fingerprint density at radius 2 is 1.86 bits per heavy atom. The van der Waals surface area contributed by atoms with Crippen molar-refractivity contribution in [3.8, 4) is 0 Å². The number of hydrogen-bond acceptors (Lipinski definition) is 3. The molecule has 1 aromatic heterocycles. The second kappa shape index (κ2) is 7.01. The molecule has 2 rings (SSSR count). The third kappa shape index (κ3) is 3.54. The van der Waals surface area contributed by atoms with Crippen molar-refractivity contribution in [3.63, 3.8) is 0 Å². The summed E-state index contributed by atoms with van der Waals surface area (Å²) >= 11 is 5.55. The Hall–Kier alpha value is -0.740. The van der Waals surface area contributed by atoms with Crippen LogP contribution in [0.15, 0.2) is 0 Å². The van der Waals surface area contributed by atoms with E-state index in [-0.39, 0.29) is 5.60 Å². The standard InChI is InChI=1S/C17H28N2OS/c1-5-20-17(10-8-6-7-9-11-17)16-18-13(4)14(12(2)3)15(21)19-16/h12H,5-11H2,1-4H3,(H,18,19,21). The molecule has 0 unspecified atom stereocenters. The summed E-state index contributed by atoms with van der Waals surface area (Å²) in [6.45, 7) is 9.21. The van der Waals surface area contributed by atoms with Crippen LogP contribution >= 0.6 is 12.2 Å². The largest absolute Gasteiger partial charge is 0.367 e. The number of nitrogens with one attached hydrogen (secondary N) is 1. The van der Waals surface area contributed by atoms with E-state index < -0.39 is 0 Å². The fourth-order valence-electron chi connectivity index (χ4n) is 3.52. The lowest BCUT2D eigenvalue weighted by molar-refractivity contribution is -0.0626. The SMILES string of the molecule is CCOC1(c2nc(=S)c(C(C)C)c(C)[nH]2)CCCCCC1. The van der Waals surface area contributed by atoms with E-state index >= 15 is 0 Å². The van der Waals surface area contributed by atoms with Gasteiger partial charge in [-0.1, -0.05) is 51.7 Å². The van der Waals surface area contributed by atoms with Crippen LogP contribution in [-0.2, 0) is 10.3 Å². The quantitative estimate of drug-likeness (QED) is 0.617. The third-order valence-corrected chi connectivity index (χ3v) is 4.81. The van der Waals surface area contributed by atoms with Gasteiger partial charge in [0.2, 0.25) is 0 Å². The van der Waals surface area contributed by atoms with Crippen LogP contribution < -0.4 is 0 Å². The van der Waals surface area contributed by atoms with Crippen LogP contribution in [0.5, 0.6) is 0 Å². The van der Waals surface area contributed by atoms with Gasteiger partial charge in [-0.05, 0) is 32.6 Å². The first kappa shape index (κ1) is 16.6. The lowest BCUT2D eigenvalue weighted by Crippen LogP contribution is -2.32. The van der Waals surface area contributed by atoms with Crippen molar-refractivity contribution in [2.75, 3.05) is 6.61 Å². The van der Waals surface area contributed by atoms with Gasteiger partial charge in [-0.25, -0.2) is 4.98 Å². The average Bonchev–Trinajstić information content (AvgIpc) is 2.64. The molecule has 0 amide bonds. The molecule has 1 N–H and O–H groups in total. The summed E-state index contributed by atoms with van der Waals surface area (Å²) < 4.78 is 6.94. The fourth-order valence-corrected chi connectivity index (χ4v) is 4.00. The minimum Gasteiger partial charge on any atom is -0.367 e. The van der Waals surface area contributed by atoms with Gasteiger partial charge in [-0.15, -0.1) is 0 Å². The van der Waals surface area contributed by atoms with Gasteiger partial charge in [-0.2, -0.15) is 0 Å². The van der Waals surface area contributed by atoms with Gasteiger partial charge >= 0.3 is 0 Å². The van der Waals surface area contributed by atoms with Crippen LogP contribution in [0.1, 0.15) is 82.3 Å². The summed E-state index contributed by atoms with van der Waals surface area (Å²) in [6, 6.07) is 0. The first-order valence-electron chi connectivity index (χ1n) is 8.25. The molecule has 21 heavy (non-hydrogen) atoms. The van der Waals surface area contributed by atoms with Crippen LogP contribution in [-0.4, -0.2) is 16.6 Å². The van der Waals surface area contributed by atoms with E-state index in [0.29, 0.717) is 12.5 Å². The molecule has 0 bridgehead atoms. The van der Waals surface area contributed by atoms with Gasteiger partial charge < -0.3 is 9.72 Å². The molecule has 0 spiro atoms. The molecule has 1 fully saturated rings. The molecule has 0 aliphatic heterocycles. The minimum atomic E-state index is -0.265. The molecule has 1 aromatic rings. The number of nitrogens with zero attached hydrogens (tertiary/aromatic N) is 1. The maximum Gasteiger partial charge on any atom is 0.140 e. The van der Waals surface area contributed by atoms with Crippen molar-refractivity contribution in [2.24, 2.45) is 0 Å². The number of aromatic nitrogens is 2. The van der Waals surface area contributed by atoms with Crippen molar-refractivity contribution < 1.29 is 4.74 Å². The van der Waals surface area contributed by atoms with Crippen LogP contribution in [0, 0.1) is 11.6 Å². The summed E-state index contributed by atoms with van der Waals surface area (Å²) in [5.74, 6) is 1.34. The summed E-state index contributed by atoms with van der Waals surface area (Å²) in [6.07, 6.45) is 7.07. The third-order valence-electron chi connectivity index (χ3n) is 4.49. The number of rotatable bonds is 4. The van der Waals surface area contributed by atoms with Crippen molar-refractivity contribution in [1.82, 2.24) is 9.97 Å². The smallest absolute Gasteiger partial charge is 0.140 e. The molecule has 4 heteroatoms. The number of hydrogen-bond donors (Lipinski definition) is 1. The first-order valence-corrected chi connectivity index (χ1v) is 8.66. The van der Waals surface area contributed by atoms with Crippen LogP contribution in [0.3, 0.4) is 0 Å². The monoisotopic (exact) mass is 308 g/mol. The number of aryl methyl sites for hydroxylation is 1. The zero-order chi connectivity index (χ0) is 15.5. The highest BCUT2D eigenvalue weighted by molar-refractivity contribution is 7.71. The lowest BCUT2D eigenvalue weighted by Gasteiger charge is -2.32. The molecule has 0 aromatic carbocycles. The molecule has 118 valence electrons. The molecular formula is C17H28N2OS. The van der Waals surface area contributed by atoms with Crippen molar-refractivity contribution in [2.45, 2.75) is 77.7 Å². The van der Waals surface area contributed by atoms with Crippen molar-refractivity contribution in [1.29, 1.82) is 0 Å². The maximum absolute atomic E-state index is 6.21. The molecule has 1 aliphatic carbocycles. The first-order chi connectivity index (χ1) is 10.00. The Morgan fingerprint density at radius 1 is 1.24 bits per heavy atom. The van der Waals surface area contributed by atoms with Crippen molar-refractivity contribution in [3.05, 3.63) is 21.7 Å². The molecule has 0 saturated heterocycles. The van der Waals surface area contributed by atoms with Gasteiger partial charge in [-0.3, -0.25) is 0 Å². The predicted octanol–water partition coefficient (Wildman–Crippen LogP) is 5.16. The van der Waals surface area contributed by atoms with Crippen LogP contribution in [0.2, 0.25) is 0 Å². The second-order valence-electron chi connectivity index (χ2n) is 6.43. The van der Waals surface area contributed by atoms with Gasteiger partial charge in [0.15, 0.2) is 0 Å². The number of ether oxygens (including phenoxy) is 1. The Morgan fingerprint density at radius 3 is 2.33 bits per heavy atom. The predicted molar refractivity (Wildman–Crippen MR) is 89.3 cm³/mol. The lowest BCUT2D eigenvalue weighted by atomic mass is 9.92. The van der Waals surface area contributed by atoms with Gasteiger partial charge in [0.05, 0.1) is 0 Å². The van der Waals surface area contributed by atoms with Crippen LogP contribution in [0.4, 0.5) is 0 Å². The summed E-state index contributed by atoms with van der Waals surface area (Å²) in [7, 11) is 0. The second-order valence-corrected chi connectivity index (χ2v) is 6.81. The zero-order valence-corrected chi connectivity index (χ0v) is 14.6. The van der Waals surface area contributed by atoms with Gasteiger partial charge in [0.25, 0.3) is 0 Å². The zero-order valence-electron chi connectivity index (χ0n) is 13.8. The van der Waals surface area contributed by atoms with E-state index in [4.69, 9.17) is 21.9 Å². The fraction of sp³-hybridized carbons (Fsp3) is 0.765. The highest BCUT2D eigenvalue weighted by atomic mass is 32.1. The Balaban J connectivity index is 2.48. The van der Waals surface area contributed by atoms with E-state index in [1.54, 1.807) is 0 Å². The Kier molecular flexibility index (Phi) is 5.55. The molecule has 1 heterocycles. The van der Waals surface area contributed by atoms with E-state index in [1.807, 2.05) is 0 Å². The van der Waals surface area contributed by atoms with E-state index in [1.165, 1.54) is 25.7 Å². The molecule has 1 saturated carbocycles. The maximum atomic E-state index is 6.21. The highest BCUT2D eigenvalue weighted by Crippen LogP contribution is 2.38. The highest BCUT2D eigenvalue weighted by Gasteiger charge is 2.36. The summed E-state index contributed by atoms with van der Waals surface area (Å²) in [5.41, 5.74) is 2.04. The Bertz CT molecular complexity index is 528. The Labute approximate surface area is 133 Å². The van der Waals surface area contributed by atoms with E-state index in [9.17, 15) is 0 Å². The van der Waals surface area contributed by atoms with Crippen LogP contribution in [0.25, 0.3) is 0 Å². The van der Waals surface area contributed by atoms with Crippen molar-refractivity contribution >= 4 is 12.2 Å². The summed E-state index contributed by atoms with van der Waals surface area (Å²) in [5, 5.41) is 0. The average molecular weight is 308 g/mol.